The topological polar surface area (TPSA) is 41.0 Å². The zero-order chi connectivity index (χ0) is 11.1. The van der Waals surface area contributed by atoms with Crippen molar-refractivity contribution in [2.24, 2.45) is 0 Å². The first-order valence-electron chi connectivity index (χ1n) is 5.19. The third kappa shape index (κ3) is 4.29. The molecular formula is C10H17IN4. The standard InChI is InChI=1S/C10H17IN4/c1-3-15(4-2)6-5-13-10-9(11)7-12-8-14-10/h7-8H,3-6H2,1-2H3,(H,12,13,14). The predicted octanol–water partition coefficient (Wildman–Crippen LogP) is 1.83. The lowest BCUT2D eigenvalue weighted by Gasteiger charge is -2.18. The highest BCUT2D eigenvalue weighted by Gasteiger charge is 2.01. The van der Waals surface area contributed by atoms with Gasteiger partial charge < -0.3 is 10.2 Å². The van der Waals surface area contributed by atoms with Crippen LogP contribution in [0.2, 0.25) is 0 Å². The summed E-state index contributed by atoms with van der Waals surface area (Å²) in [6, 6.07) is 0. The zero-order valence-corrected chi connectivity index (χ0v) is 11.4. The number of anilines is 1. The van der Waals surface area contributed by atoms with E-state index in [9.17, 15) is 0 Å². The minimum Gasteiger partial charge on any atom is -0.368 e. The first-order chi connectivity index (χ1) is 7.27. The number of nitrogens with zero attached hydrogens (tertiary/aromatic N) is 3. The summed E-state index contributed by atoms with van der Waals surface area (Å²) in [6.07, 6.45) is 3.38. The lowest BCUT2D eigenvalue weighted by Crippen LogP contribution is -2.28. The Balaban J connectivity index is 2.34. The van der Waals surface area contributed by atoms with Crippen LogP contribution in [0.4, 0.5) is 5.82 Å². The van der Waals surface area contributed by atoms with E-state index in [1.165, 1.54) is 0 Å². The van der Waals surface area contributed by atoms with Gasteiger partial charge in [-0.15, -0.1) is 0 Å². The Hall–Kier alpha value is -0.430. The van der Waals surface area contributed by atoms with E-state index in [0.717, 1.165) is 35.6 Å². The van der Waals surface area contributed by atoms with Gasteiger partial charge in [0.2, 0.25) is 0 Å². The van der Waals surface area contributed by atoms with E-state index in [-0.39, 0.29) is 0 Å². The average molecular weight is 320 g/mol. The molecule has 0 aliphatic heterocycles. The Bertz CT molecular complexity index is 289. The van der Waals surface area contributed by atoms with Crippen LogP contribution in [-0.4, -0.2) is 41.0 Å². The minimum absolute atomic E-state index is 0.925. The number of hydrogen-bond donors (Lipinski definition) is 1. The molecule has 1 rings (SSSR count). The molecule has 0 aliphatic rings. The van der Waals surface area contributed by atoms with Crippen molar-refractivity contribution in [3.63, 3.8) is 0 Å². The summed E-state index contributed by atoms with van der Waals surface area (Å²) in [5, 5.41) is 3.31. The Morgan fingerprint density at radius 1 is 1.40 bits per heavy atom. The van der Waals surface area contributed by atoms with Crippen molar-refractivity contribution in [2.75, 3.05) is 31.5 Å². The van der Waals surface area contributed by atoms with Crippen molar-refractivity contribution in [1.82, 2.24) is 14.9 Å². The van der Waals surface area contributed by atoms with Crippen LogP contribution >= 0.6 is 22.6 Å². The molecule has 0 saturated heterocycles. The van der Waals surface area contributed by atoms with Crippen LogP contribution in [-0.2, 0) is 0 Å². The first-order valence-corrected chi connectivity index (χ1v) is 6.27. The molecule has 0 spiro atoms. The van der Waals surface area contributed by atoms with Crippen molar-refractivity contribution in [2.45, 2.75) is 13.8 Å². The summed E-state index contributed by atoms with van der Waals surface area (Å²) in [6.45, 7) is 8.52. The molecule has 0 fully saturated rings. The summed E-state index contributed by atoms with van der Waals surface area (Å²) in [7, 11) is 0. The molecule has 1 aromatic heterocycles. The van der Waals surface area contributed by atoms with Gasteiger partial charge in [-0.3, -0.25) is 0 Å². The van der Waals surface area contributed by atoms with E-state index < -0.39 is 0 Å². The SMILES string of the molecule is CCN(CC)CCNc1ncncc1I. The van der Waals surface area contributed by atoms with Crippen LogP contribution in [0.5, 0.6) is 0 Å². The smallest absolute Gasteiger partial charge is 0.142 e. The van der Waals surface area contributed by atoms with Crippen LogP contribution in [0.15, 0.2) is 12.5 Å². The van der Waals surface area contributed by atoms with Crippen molar-refractivity contribution in [1.29, 1.82) is 0 Å². The van der Waals surface area contributed by atoms with E-state index in [2.05, 4.69) is 56.6 Å². The van der Waals surface area contributed by atoms with E-state index in [1.807, 2.05) is 6.20 Å². The molecule has 4 nitrogen and oxygen atoms in total. The number of nitrogens with one attached hydrogen (secondary N) is 1. The fraction of sp³-hybridized carbons (Fsp3) is 0.600. The molecule has 0 aromatic carbocycles. The van der Waals surface area contributed by atoms with E-state index in [0.29, 0.717) is 0 Å². The molecule has 0 unspecified atom stereocenters. The molecule has 84 valence electrons. The maximum absolute atomic E-state index is 4.18. The highest BCUT2D eigenvalue weighted by atomic mass is 127. The molecule has 0 aliphatic carbocycles. The molecule has 0 bridgehead atoms. The van der Waals surface area contributed by atoms with Crippen molar-refractivity contribution < 1.29 is 0 Å². The first kappa shape index (κ1) is 12.6. The van der Waals surface area contributed by atoms with Crippen LogP contribution in [0.1, 0.15) is 13.8 Å². The maximum Gasteiger partial charge on any atom is 0.142 e. The van der Waals surface area contributed by atoms with Gasteiger partial charge in [0.25, 0.3) is 0 Å². The Morgan fingerprint density at radius 3 is 2.73 bits per heavy atom. The van der Waals surface area contributed by atoms with Crippen LogP contribution in [0.25, 0.3) is 0 Å². The van der Waals surface area contributed by atoms with Gasteiger partial charge in [-0.2, -0.15) is 0 Å². The number of hydrogen-bond acceptors (Lipinski definition) is 4. The van der Waals surface area contributed by atoms with E-state index >= 15 is 0 Å². The monoisotopic (exact) mass is 320 g/mol. The summed E-state index contributed by atoms with van der Waals surface area (Å²) in [5.41, 5.74) is 0. The normalized spacial score (nSPS) is 10.7. The molecule has 15 heavy (non-hydrogen) atoms. The fourth-order valence-corrected chi connectivity index (χ4v) is 1.81. The Labute approximate surface area is 105 Å². The molecule has 1 heterocycles. The molecule has 0 amide bonds. The third-order valence-electron chi connectivity index (χ3n) is 2.28. The summed E-state index contributed by atoms with van der Waals surface area (Å²) in [4.78, 5) is 10.5. The number of rotatable bonds is 6. The van der Waals surface area contributed by atoms with Gasteiger partial charge >= 0.3 is 0 Å². The number of halogens is 1. The third-order valence-corrected chi connectivity index (χ3v) is 3.07. The largest absolute Gasteiger partial charge is 0.368 e. The molecule has 1 N–H and O–H groups in total. The molecule has 0 radical (unpaired) electrons. The number of aromatic nitrogens is 2. The van der Waals surface area contributed by atoms with Crippen LogP contribution in [0, 0.1) is 3.57 Å². The van der Waals surface area contributed by atoms with E-state index in [4.69, 9.17) is 0 Å². The lowest BCUT2D eigenvalue weighted by molar-refractivity contribution is 0.316. The Kier molecular flexibility index (Phi) is 5.85. The second-order valence-electron chi connectivity index (χ2n) is 3.17. The molecular weight excluding hydrogens is 303 g/mol. The van der Waals surface area contributed by atoms with Gasteiger partial charge in [0.1, 0.15) is 12.1 Å². The summed E-state index contributed by atoms with van der Waals surface area (Å²) in [5.74, 6) is 0.928. The quantitative estimate of drug-likeness (QED) is 0.812. The summed E-state index contributed by atoms with van der Waals surface area (Å²) < 4.78 is 1.06. The van der Waals surface area contributed by atoms with Crippen molar-refractivity contribution >= 4 is 28.4 Å². The molecule has 0 saturated carbocycles. The van der Waals surface area contributed by atoms with Gasteiger partial charge in [0, 0.05) is 19.3 Å². The van der Waals surface area contributed by atoms with Crippen molar-refractivity contribution in [3.8, 4) is 0 Å². The van der Waals surface area contributed by atoms with E-state index in [1.54, 1.807) is 6.33 Å². The molecule has 1 aromatic rings. The minimum atomic E-state index is 0.925. The van der Waals surface area contributed by atoms with Gasteiger partial charge in [0.15, 0.2) is 0 Å². The maximum atomic E-state index is 4.18. The zero-order valence-electron chi connectivity index (χ0n) is 9.20. The van der Waals surface area contributed by atoms with Crippen LogP contribution < -0.4 is 5.32 Å². The number of likely N-dealkylation sites (N-methyl/N-ethyl adjacent to an activating group) is 1. The van der Waals surface area contributed by atoms with Gasteiger partial charge in [-0.1, -0.05) is 13.8 Å². The van der Waals surface area contributed by atoms with Gasteiger partial charge in [-0.05, 0) is 35.7 Å². The summed E-state index contributed by atoms with van der Waals surface area (Å²) >= 11 is 2.23. The predicted molar refractivity (Wildman–Crippen MR) is 71.0 cm³/mol. The highest BCUT2D eigenvalue weighted by Crippen LogP contribution is 2.11. The molecule has 0 atom stereocenters. The van der Waals surface area contributed by atoms with Gasteiger partial charge in [-0.25, -0.2) is 9.97 Å². The second kappa shape index (κ2) is 6.95. The second-order valence-corrected chi connectivity index (χ2v) is 4.34. The average Bonchev–Trinajstić information content (AvgIpc) is 2.27. The lowest BCUT2D eigenvalue weighted by atomic mass is 10.4. The Morgan fingerprint density at radius 2 is 2.13 bits per heavy atom. The highest BCUT2D eigenvalue weighted by molar-refractivity contribution is 14.1. The van der Waals surface area contributed by atoms with Crippen LogP contribution in [0.3, 0.4) is 0 Å². The van der Waals surface area contributed by atoms with Gasteiger partial charge in [0.05, 0.1) is 3.57 Å². The molecule has 5 heteroatoms. The van der Waals surface area contributed by atoms with Crippen molar-refractivity contribution in [3.05, 3.63) is 16.1 Å². The fourth-order valence-electron chi connectivity index (χ4n) is 1.31.